The summed E-state index contributed by atoms with van der Waals surface area (Å²) in [6.07, 6.45) is 1.37. The average molecular weight is 499 g/mol. The SMILES string of the molecule is COC(=O)[C@H]1CCCN1C(=O)c1ccc(NC(=O)c2cc(Br)c(Br)[nH]2)cc1. The highest BCUT2D eigenvalue weighted by Crippen LogP contribution is 2.24. The minimum absolute atomic E-state index is 0.224. The molecule has 2 amide bonds. The highest BCUT2D eigenvalue weighted by molar-refractivity contribution is 9.13. The van der Waals surface area contributed by atoms with E-state index in [1.807, 2.05) is 0 Å². The number of benzene rings is 1. The van der Waals surface area contributed by atoms with Gasteiger partial charge in [-0.25, -0.2) is 4.79 Å². The summed E-state index contributed by atoms with van der Waals surface area (Å²) in [4.78, 5) is 41.2. The van der Waals surface area contributed by atoms with E-state index in [1.165, 1.54) is 12.0 Å². The lowest BCUT2D eigenvalue weighted by molar-refractivity contribution is -0.145. The number of methoxy groups -OCH3 is 1. The van der Waals surface area contributed by atoms with Crippen molar-refractivity contribution in [3.8, 4) is 0 Å². The Kier molecular flexibility index (Phi) is 6.01. The van der Waals surface area contributed by atoms with Gasteiger partial charge < -0.3 is 19.9 Å². The van der Waals surface area contributed by atoms with Crippen molar-refractivity contribution in [3.05, 3.63) is 50.7 Å². The minimum atomic E-state index is -0.536. The van der Waals surface area contributed by atoms with Crippen LogP contribution in [0.25, 0.3) is 0 Å². The third-order valence-electron chi connectivity index (χ3n) is 4.35. The predicted molar refractivity (Wildman–Crippen MR) is 107 cm³/mol. The van der Waals surface area contributed by atoms with Crippen LogP contribution in [0.5, 0.6) is 0 Å². The Balaban J connectivity index is 1.68. The van der Waals surface area contributed by atoms with Crippen LogP contribution in [0.3, 0.4) is 0 Å². The number of ether oxygens (including phenoxy) is 1. The number of carbonyl (C=O) groups is 3. The van der Waals surface area contributed by atoms with Gasteiger partial charge in [0.15, 0.2) is 0 Å². The largest absolute Gasteiger partial charge is 0.467 e. The molecule has 9 heteroatoms. The molecule has 2 N–H and O–H groups in total. The number of rotatable bonds is 4. The van der Waals surface area contributed by atoms with Crippen molar-refractivity contribution < 1.29 is 19.1 Å². The number of aromatic amines is 1. The fourth-order valence-electron chi connectivity index (χ4n) is 2.98. The first kappa shape index (κ1) is 19.6. The normalized spacial score (nSPS) is 16.3. The second kappa shape index (κ2) is 8.26. The molecule has 1 aromatic carbocycles. The molecule has 1 fully saturated rings. The molecule has 0 unspecified atom stereocenters. The predicted octanol–water partition coefficient (Wildman–Crippen LogP) is 3.57. The number of esters is 1. The van der Waals surface area contributed by atoms with E-state index in [1.54, 1.807) is 30.3 Å². The van der Waals surface area contributed by atoms with E-state index in [0.29, 0.717) is 34.5 Å². The number of halogens is 2. The Morgan fingerprint density at radius 1 is 1.22 bits per heavy atom. The maximum absolute atomic E-state index is 12.7. The molecule has 27 heavy (non-hydrogen) atoms. The molecular formula is C18H17Br2N3O4. The summed E-state index contributed by atoms with van der Waals surface area (Å²) in [5.41, 5.74) is 1.41. The number of aromatic nitrogens is 1. The summed E-state index contributed by atoms with van der Waals surface area (Å²) in [7, 11) is 1.32. The second-order valence-corrected chi connectivity index (χ2v) is 7.70. The van der Waals surface area contributed by atoms with Crippen molar-refractivity contribution in [1.82, 2.24) is 9.88 Å². The molecule has 1 atom stereocenters. The quantitative estimate of drug-likeness (QED) is 0.630. The Labute approximate surface area is 172 Å². The molecule has 0 radical (unpaired) electrons. The number of anilines is 1. The third kappa shape index (κ3) is 4.24. The lowest BCUT2D eigenvalue weighted by Crippen LogP contribution is -2.41. The zero-order valence-electron chi connectivity index (χ0n) is 14.4. The molecule has 0 saturated carbocycles. The third-order valence-corrected chi connectivity index (χ3v) is 6.13. The number of H-pyrrole nitrogens is 1. The fourth-order valence-corrected chi connectivity index (χ4v) is 3.63. The van der Waals surface area contributed by atoms with Gasteiger partial charge in [-0.05, 0) is 75.0 Å². The van der Waals surface area contributed by atoms with Gasteiger partial charge in [0.1, 0.15) is 11.7 Å². The van der Waals surface area contributed by atoms with Crippen molar-refractivity contribution in [1.29, 1.82) is 0 Å². The topological polar surface area (TPSA) is 91.5 Å². The van der Waals surface area contributed by atoms with Crippen molar-refractivity contribution in [3.63, 3.8) is 0 Å². The summed E-state index contributed by atoms with van der Waals surface area (Å²) in [5, 5.41) is 2.76. The molecule has 0 spiro atoms. The number of amides is 2. The molecule has 1 saturated heterocycles. The summed E-state index contributed by atoms with van der Waals surface area (Å²) >= 11 is 6.60. The second-order valence-electron chi connectivity index (χ2n) is 6.06. The molecule has 142 valence electrons. The number of nitrogens with one attached hydrogen (secondary N) is 2. The van der Waals surface area contributed by atoms with Gasteiger partial charge in [0.25, 0.3) is 11.8 Å². The van der Waals surface area contributed by atoms with Crippen LogP contribution < -0.4 is 5.32 Å². The van der Waals surface area contributed by atoms with Crippen molar-refractivity contribution >= 4 is 55.3 Å². The van der Waals surface area contributed by atoms with Crippen molar-refractivity contribution in [2.24, 2.45) is 0 Å². The number of likely N-dealkylation sites (tertiary alicyclic amines) is 1. The molecule has 3 rings (SSSR count). The summed E-state index contributed by atoms with van der Waals surface area (Å²) < 4.78 is 6.20. The Morgan fingerprint density at radius 2 is 1.93 bits per heavy atom. The van der Waals surface area contributed by atoms with Gasteiger partial charge in [0, 0.05) is 17.8 Å². The Bertz CT molecular complexity index is 860. The van der Waals surface area contributed by atoms with Gasteiger partial charge in [-0.3, -0.25) is 9.59 Å². The fraction of sp³-hybridized carbons (Fsp3) is 0.278. The lowest BCUT2D eigenvalue weighted by Gasteiger charge is -2.22. The standard InChI is InChI=1S/C18H17Br2N3O4/c1-27-18(26)14-3-2-8-23(14)17(25)10-4-6-11(7-5-10)21-16(24)13-9-12(19)15(20)22-13/h4-7,9,14,22H,2-3,8H2,1H3,(H,21,24)/t14-/m1/s1. The molecule has 0 aliphatic carbocycles. The zero-order chi connectivity index (χ0) is 19.6. The van der Waals surface area contributed by atoms with E-state index >= 15 is 0 Å². The first-order valence-corrected chi connectivity index (χ1v) is 9.83. The van der Waals surface area contributed by atoms with Crippen LogP contribution in [0, 0.1) is 0 Å². The summed E-state index contributed by atoms with van der Waals surface area (Å²) in [6, 6.07) is 7.70. The molecule has 2 aromatic rings. The van der Waals surface area contributed by atoms with E-state index in [0.717, 1.165) is 10.9 Å². The number of nitrogens with zero attached hydrogens (tertiary/aromatic N) is 1. The smallest absolute Gasteiger partial charge is 0.328 e. The summed E-state index contributed by atoms with van der Waals surface area (Å²) in [6.45, 7) is 0.521. The van der Waals surface area contributed by atoms with E-state index in [-0.39, 0.29) is 11.8 Å². The maximum atomic E-state index is 12.7. The van der Waals surface area contributed by atoms with Crippen molar-refractivity contribution in [2.45, 2.75) is 18.9 Å². The monoisotopic (exact) mass is 497 g/mol. The molecule has 1 aliphatic heterocycles. The number of hydrogen-bond acceptors (Lipinski definition) is 4. The van der Waals surface area contributed by atoms with Crippen LogP contribution in [-0.4, -0.2) is 47.4 Å². The van der Waals surface area contributed by atoms with Gasteiger partial charge in [0.05, 0.1) is 16.2 Å². The van der Waals surface area contributed by atoms with Gasteiger partial charge in [-0.1, -0.05) is 0 Å². The zero-order valence-corrected chi connectivity index (χ0v) is 17.6. The maximum Gasteiger partial charge on any atom is 0.328 e. The van der Waals surface area contributed by atoms with Gasteiger partial charge in [0.2, 0.25) is 0 Å². The minimum Gasteiger partial charge on any atom is -0.467 e. The van der Waals surface area contributed by atoms with Crippen LogP contribution >= 0.6 is 31.9 Å². The first-order chi connectivity index (χ1) is 12.9. The number of hydrogen-bond donors (Lipinski definition) is 2. The van der Waals surface area contributed by atoms with Gasteiger partial charge >= 0.3 is 5.97 Å². The molecule has 1 aliphatic rings. The highest BCUT2D eigenvalue weighted by atomic mass is 79.9. The van der Waals surface area contributed by atoms with Gasteiger partial charge in [-0.2, -0.15) is 0 Å². The average Bonchev–Trinajstić information content (AvgIpc) is 3.28. The van der Waals surface area contributed by atoms with Crippen molar-refractivity contribution in [2.75, 3.05) is 19.0 Å². The molecule has 2 heterocycles. The van der Waals surface area contributed by atoms with Crippen LogP contribution in [-0.2, 0) is 9.53 Å². The Hall–Kier alpha value is -2.13. The van der Waals surface area contributed by atoms with E-state index < -0.39 is 12.0 Å². The first-order valence-electron chi connectivity index (χ1n) is 8.25. The van der Waals surface area contributed by atoms with Crippen LogP contribution in [0.4, 0.5) is 5.69 Å². The van der Waals surface area contributed by atoms with Crippen LogP contribution in [0.15, 0.2) is 39.4 Å². The molecule has 7 nitrogen and oxygen atoms in total. The molecular weight excluding hydrogens is 482 g/mol. The number of carbonyl (C=O) groups excluding carboxylic acids is 3. The lowest BCUT2D eigenvalue weighted by atomic mass is 10.1. The van der Waals surface area contributed by atoms with Gasteiger partial charge in [-0.15, -0.1) is 0 Å². The Morgan fingerprint density at radius 3 is 2.52 bits per heavy atom. The van der Waals surface area contributed by atoms with E-state index in [4.69, 9.17) is 4.74 Å². The van der Waals surface area contributed by atoms with Crippen LogP contribution in [0.1, 0.15) is 33.7 Å². The van der Waals surface area contributed by atoms with E-state index in [2.05, 4.69) is 42.2 Å². The summed E-state index contributed by atoms with van der Waals surface area (Å²) in [5.74, 6) is -0.920. The van der Waals surface area contributed by atoms with E-state index in [9.17, 15) is 14.4 Å². The molecule has 1 aromatic heterocycles. The molecule has 0 bridgehead atoms. The van der Waals surface area contributed by atoms with Crippen LogP contribution in [0.2, 0.25) is 0 Å². The highest BCUT2D eigenvalue weighted by Gasteiger charge is 2.35.